The third kappa shape index (κ3) is 2.93. The molecule has 0 aliphatic heterocycles. The highest BCUT2D eigenvalue weighted by Crippen LogP contribution is 2.40. The minimum Gasteiger partial charge on any atom is -0.388 e. The summed E-state index contributed by atoms with van der Waals surface area (Å²) in [6.07, 6.45) is 5.62. The normalized spacial score (nSPS) is 16.9. The second kappa shape index (κ2) is 5.14. The first-order valence-corrected chi connectivity index (χ1v) is 6.58. The summed E-state index contributed by atoms with van der Waals surface area (Å²) in [6, 6.07) is 2.12. The van der Waals surface area contributed by atoms with Crippen molar-refractivity contribution in [3.63, 3.8) is 0 Å². The van der Waals surface area contributed by atoms with Crippen molar-refractivity contribution in [2.24, 2.45) is 5.92 Å². The van der Waals surface area contributed by atoms with Crippen LogP contribution < -0.4 is 0 Å². The van der Waals surface area contributed by atoms with Crippen LogP contribution in [0.4, 0.5) is 0 Å². The summed E-state index contributed by atoms with van der Waals surface area (Å²) >= 11 is 0. The van der Waals surface area contributed by atoms with Gasteiger partial charge >= 0.3 is 0 Å². The summed E-state index contributed by atoms with van der Waals surface area (Å²) in [6.45, 7) is 4.33. The molecule has 1 aliphatic carbocycles. The van der Waals surface area contributed by atoms with Crippen molar-refractivity contribution >= 4 is 5.91 Å². The zero-order valence-corrected chi connectivity index (χ0v) is 11.3. The van der Waals surface area contributed by atoms with Gasteiger partial charge < -0.3 is 14.6 Å². The third-order valence-corrected chi connectivity index (χ3v) is 3.67. The molecule has 4 nitrogen and oxygen atoms in total. The van der Waals surface area contributed by atoms with Crippen LogP contribution in [-0.4, -0.2) is 33.6 Å². The van der Waals surface area contributed by atoms with Gasteiger partial charge in [0, 0.05) is 25.5 Å². The predicted octanol–water partition coefficient (Wildman–Crippen LogP) is 1.80. The Hall–Kier alpha value is -1.29. The van der Waals surface area contributed by atoms with Crippen molar-refractivity contribution in [3.8, 4) is 0 Å². The van der Waals surface area contributed by atoms with Crippen LogP contribution >= 0.6 is 0 Å². The van der Waals surface area contributed by atoms with Crippen LogP contribution in [0.25, 0.3) is 0 Å². The molecule has 1 atom stereocenters. The van der Waals surface area contributed by atoms with Crippen molar-refractivity contribution in [2.75, 3.05) is 7.05 Å². The number of likely N-dealkylation sites (N-methyl/N-ethyl adjacent to an activating group) is 1. The van der Waals surface area contributed by atoms with Gasteiger partial charge in [0.05, 0.1) is 6.10 Å². The van der Waals surface area contributed by atoms with E-state index in [4.69, 9.17) is 0 Å². The first-order valence-electron chi connectivity index (χ1n) is 6.58. The number of hydrogen-bond acceptors (Lipinski definition) is 2. The van der Waals surface area contributed by atoms with Crippen LogP contribution in [0.3, 0.4) is 0 Å². The van der Waals surface area contributed by atoms with Crippen LogP contribution in [-0.2, 0) is 11.3 Å². The Balaban J connectivity index is 1.95. The minimum atomic E-state index is -0.357. The molecule has 2 rings (SSSR count). The van der Waals surface area contributed by atoms with E-state index in [9.17, 15) is 9.90 Å². The molecule has 1 heterocycles. The molecule has 1 aromatic rings. The maximum Gasteiger partial charge on any atom is 0.242 e. The molecule has 0 bridgehead atoms. The van der Waals surface area contributed by atoms with Crippen LogP contribution in [0.1, 0.15) is 38.4 Å². The maximum atomic E-state index is 11.9. The van der Waals surface area contributed by atoms with Gasteiger partial charge in [0.2, 0.25) is 5.91 Å². The summed E-state index contributed by atoms with van der Waals surface area (Å²) < 4.78 is 1.85. The number of aliphatic hydroxyl groups excluding tert-OH is 1. The van der Waals surface area contributed by atoms with Gasteiger partial charge in [-0.05, 0) is 44.2 Å². The molecular formula is C14H22N2O2. The van der Waals surface area contributed by atoms with Gasteiger partial charge in [-0.3, -0.25) is 4.79 Å². The van der Waals surface area contributed by atoms with Gasteiger partial charge in [-0.2, -0.15) is 0 Å². The highest BCUT2D eigenvalue weighted by Gasteiger charge is 2.31. The van der Waals surface area contributed by atoms with Crippen LogP contribution in [0.5, 0.6) is 0 Å². The summed E-state index contributed by atoms with van der Waals surface area (Å²) in [5.41, 5.74) is 0.928. The van der Waals surface area contributed by atoms with Crippen molar-refractivity contribution in [3.05, 3.63) is 24.0 Å². The summed E-state index contributed by atoms with van der Waals surface area (Å²) in [5, 5.41) is 10.00. The van der Waals surface area contributed by atoms with E-state index in [0.717, 1.165) is 18.4 Å². The van der Waals surface area contributed by atoms with Gasteiger partial charge in [-0.15, -0.1) is 0 Å². The third-order valence-electron chi connectivity index (χ3n) is 3.67. The van der Waals surface area contributed by atoms with E-state index >= 15 is 0 Å². The van der Waals surface area contributed by atoms with Gasteiger partial charge in [-0.1, -0.05) is 0 Å². The van der Waals surface area contributed by atoms with Gasteiger partial charge in [0.1, 0.15) is 6.54 Å². The number of amides is 1. The van der Waals surface area contributed by atoms with Crippen molar-refractivity contribution in [2.45, 2.75) is 45.4 Å². The largest absolute Gasteiger partial charge is 0.388 e. The SMILES string of the molecule is CC(C)N(C)C(=O)Cn1ccc(C(O)C2CC2)c1. The second-order valence-electron chi connectivity index (χ2n) is 5.50. The maximum absolute atomic E-state index is 11.9. The average molecular weight is 250 g/mol. The number of rotatable bonds is 5. The fourth-order valence-corrected chi connectivity index (χ4v) is 1.97. The molecular weight excluding hydrogens is 228 g/mol. The van der Waals surface area contributed by atoms with Crippen LogP contribution in [0.2, 0.25) is 0 Å². The first kappa shape index (κ1) is 13.1. The molecule has 1 fully saturated rings. The first-order chi connectivity index (χ1) is 8.49. The van der Waals surface area contributed by atoms with E-state index in [-0.39, 0.29) is 18.1 Å². The van der Waals surface area contributed by atoms with Crippen LogP contribution in [0, 0.1) is 5.92 Å². The fourth-order valence-electron chi connectivity index (χ4n) is 1.97. The Morgan fingerprint density at radius 2 is 2.22 bits per heavy atom. The number of aromatic nitrogens is 1. The smallest absolute Gasteiger partial charge is 0.242 e. The molecule has 1 aromatic heterocycles. The molecule has 0 spiro atoms. The summed E-state index contributed by atoms with van der Waals surface area (Å²) in [4.78, 5) is 13.7. The fraction of sp³-hybridized carbons (Fsp3) is 0.643. The number of carbonyl (C=O) groups excluding carboxylic acids is 1. The molecule has 0 saturated heterocycles. The lowest BCUT2D eigenvalue weighted by molar-refractivity contribution is -0.131. The molecule has 1 N–H and O–H groups in total. The number of nitrogens with zero attached hydrogens (tertiary/aromatic N) is 2. The zero-order chi connectivity index (χ0) is 13.3. The van der Waals surface area contributed by atoms with Gasteiger partial charge in [-0.25, -0.2) is 0 Å². The molecule has 1 amide bonds. The zero-order valence-electron chi connectivity index (χ0n) is 11.3. The lowest BCUT2D eigenvalue weighted by Crippen LogP contribution is -2.35. The molecule has 1 unspecified atom stereocenters. The molecule has 0 aromatic carbocycles. The Bertz CT molecular complexity index is 421. The molecule has 1 aliphatic rings. The Morgan fingerprint density at radius 1 is 1.56 bits per heavy atom. The van der Waals surface area contributed by atoms with E-state index in [1.165, 1.54) is 0 Å². The predicted molar refractivity (Wildman–Crippen MR) is 70.0 cm³/mol. The Kier molecular flexibility index (Phi) is 3.76. The highest BCUT2D eigenvalue weighted by molar-refractivity contribution is 5.76. The van der Waals surface area contributed by atoms with Gasteiger partial charge in [0.15, 0.2) is 0 Å². The second-order valence-corrected chi connectivity index (χ2v) is 5.50. The molecule has 4 heteroatoms. The van der Waals surface area contributed by atoms with Crippen molar-refractivity contribution in [1.82, 2.24) is 9.47 Å². The average Bonchev–Trinajstić information content (AvgIpc) is 3.08. The quantitative estimate of drug-likeness (QED) is 0.866. The van der Waals surface area contributed by atoms with Gasteiger partial charge in [0.25, 0.3) is 0 Å². The number of aliphatic hydroxyl groups is 1. The Labute approximate surface area is 108 Å². The molecule has 18 heavy (non-hydrogen) atoms. The van der Waals surface area contributed by atoms with E-state index in [1.54, 1.807) is 4.90 Å². The van der Waals surface area contributed by atoms with Crippen LogP contribution in [0.15, 0.2) is 18.5 Å². The standard InChI is InChI=1S/C14H22N2O2/c1-10(2)15(3)13(17)9-16-7-6-12(8-16)14(18)11-4-5-11/h6-8,10-11,14,18H,4-5,9H2,1-3H3. The Morgan fingerprint density at radius 3 is 2.78 bits per heavy atom. The summed E-state index contributed by atoms with van der Waals surface area (Å²) in [7, 11) is 1.82. The topological polar surface area (TPSA) is 45.5 Å². The molecule has 100 valence electrons. The minimum absolute atomic E-state index is 0.0908. The van der Waals surface area contributed by atoms with E-state index < -0.39 is 0 Å². The number of carbonyl (C=O) groups is 1. The van der Waals surface area contributed by atoms with Crippen molar-refractivity contribution in [1.29, 1.82) is 0 Å². The molecule has 1 saturated carbocycles. The monoisotopic (exact) mass is 250 g/mol. The highest BCUT2D eigenvalue weighted by atomic mass is 16.3. The lowest BCUT2D eigenvalue weighted by Gasteiger charge is -2.21. The van der Waals surface area contributed by atoms with E-state index in [2.05, 4.69) is 0 Å². The molecule has 0 radical (unpaired) electrons. The van der Waals surface area contributed by atoms with E-state index in [0.29, 0.717) is 12.5 Å². The number of hydrogen-bond donors (Lipinski definition) is 1. The van der Waals surface area contributed by atoms with E-state index in [1.807, 2.05) is 43.9 Å². The lowest BCUT2D eigenvalue weighted by atomic mass is 10.1. The summed E-state index contributed by atoms with van der Waals surface area (Å²) in [5.74, 6) is 0.517. The van der Waals surface area contributed by atoms with Crippen molar-refractivity contribution < 1.29 is 9.90 Å².